The topological polar surface area (TPSA) is 43.6 Å². The van der Waals surface area contributed by atoms with Crippen LogP contribution in [0.1, 0.15) is 38.8 Å². The Labute approximate surface area is 332 Å². The second kappa shape index (κ2) is 12.3. The normalized spacial score (nSPS) is 14.2. The van der Waals surface area contributed by atoms with Crippen LogP contribution in [-0.2, 0) is 10.8 Å². The minimum atomic E-state index is -0.105. The summed E-state index contributed by atoms with van der Waals surface area (Å²) in [7, 11) is 0. The summed E-state index contributed by atoms with van der Waals surface area (Å²) < 4.78 is 2.43. The fraction of sp³-hybridized carbons (Fsp3) is 0.113. The number of fused-ring (bicyclic) bond motifs is 10. The van der Waals surface area contributed by atoms with Gasteiger partial charge in [0.1, 0.15) is 0 Å². The summed E-state index contributed by atoms with van der Waals surface area (Å²) in [6.07, 6.45) is 0. The third-order valence-corrected chi connectivity index (χ3v) is 13.0. The van der Waals surface area contributed by atoms with Crippen LogP contribution < -0.4 is 0 Å². The molecule has 4 heteroatoms. The average Bonchev–Trinajstić information content (AvgIpc) is 3.60. The van der Waals surface area contributed by atoms with Gasteiger partial charge in [0.25, 0.3) is 0 Å². The van der Waals surface area contributed by atoms with Gasteiger partial charge in [0, 0.05) is 33.2 Å². The highest BCUT2D eigenvalue weighted by Crippen LogP contribution is 2.58. The number of hydrogen-bond acceptors (Lipinski definition) is 3. The lowest BCUT2D eigenvalue weighted by Crippen LogP contribution is -2.43. The summed E-state index contributed by atoms with van der Waals surface area (Å²) >= 11 is 0. The Kier molecular flexibility index (Phi) is 7.21. The van der Waals surface area contributed by atoms with E-state index in [-0.39, 0.29) is 10.8 Å². The van der Waals surface area contributed by atoms with Crippen molar-refractivity contribution in [3.8, 4) is 51.0 Å². The molecule has 8 aromatic carbocycles. The summed E-state index contributed by atoms with van der Waals surface area (Å²) in [5.74, 6) is 1.95. The summed E-state index contributed by atoms with van der Waals surface area (Å²) in [6.45, 7) is 9.67. The van der Waals surface area contributed by atoms with E-state index in [9.17, 15) is 0 Å². The van der Waals surface area contributed by atoms with Crippen LogP contribution in [0.5, 0.6) is 0 Å². The van der Waals surface area contributed by atoms with E-state index in [0.29, 0.717) is 17.5 Å². The molecule has 0 radical (unpaired) electrons. The first-order valence-corrected chi connectivity index (χ1v) is 19.8. The third-order valence-electron chi connectivity index (χ3n) is 13.0. The molecule has 0 atom stereocenters. The van der Waals surface area contributed by atoms with Crippen molar-refractivity contribution in [1.29, 1.82) is 0 Å². The molecule has 0 bridgehead atoms. The third kappa shape index (κ3) is 4.96. The Bertz CT molecular complexity index is 3230. The number of hydrogen-bond donors (Lipinski definition) is 0. The molecule has 0 unspecified atom stereocenters. The standard InChI is InChI=1S/C53H40N4/c1-52(2)42-29-26-34-15-10-11-19-40(34)46(42)48-43(53(52,3)4)30-31-45-47(48)41-20-12-13-21-44(41)57(45)39-27-24-36(25-28-39)50-54-49(35-16-6-5-7-17-35)55-51(56-50)38-23-22-33-14-8-9-18-37(33)32-38/h5-32H,1-4H3. The maximum absolute atomic E-state index is 5.09. The van der Waals surface area contributed by atoms with E-state index in [1.807, 2.05) is 18.2 Å². The lowest BCUT2D eigenvalue weighted by atomic mass is 9.54. The highest BCUT2D eigenvalue weighted by Gasteiger charge is 2.47. The maximum Gasteiger partial charge on any atom is 0.164 e. The van der Waals surface area contributed by atoms with Gasteiger partial charge in [-0.3, -0.25) is 0 Å². The lowest BCUT2D eigenvalue weighted by Gasteiger charge is -2.48. The van der Waals surface area contributed by atoms with Gasteiger partial charge in [-0.15, -0.1) is 0 Å². The first-order valence-electron chi connectivity index (χ1n) is 19.8. The Morgan fingerprint density at radius 2 is 0.912 bits per heavy atom. The van der Waals surface area contributed by atoms with E-state index in [1.165, 1.54) is 60.2 Å². The van der Waals surface area contributed by atoms with Crippen molar-refractivity contribution in [3.63, 3.8) is 0 Å². The molecule has 0 spiro atoms. The highest BCUT2D eigenvalue weighted by atomic mass is 15.0. The molecule has 1 aliphatic carbocycles. The molecule has 0 fully saturated rings. The quantitative estimate of drug-likeness (QED) is 0.181. The first-order chi connectivity index (χ1) is 27.8. The molecule has 1 aliphatic rings. The first kappa shape index (κ1) is 33.4. The number of benzene rings is 8. The van der Waals surface area contributed by atoms with E-state index in [1.54, 1.807) is 0 Å². The Morgan fingerprint density at radius 3 is 1.65 bits per heavy atom. The maximum atomic E-state index is 5.09. The fourth-order valence-electron chi connectivity index (χ4n) is 9.29. The van der Waals surface area contributed by atoms with Gasteiger partial charge in [0.05, 0.1) is 11.0 Å². The SMILES string of the molecule is CC1(C)c2ccc3ccccc3c2-c2c(ccc3c2c2ccccc2n3-c2ccc(-c3nc(-c4ccccc4)nc(-c4ccc5ccccc5c4)n3)cc2)C1(C)C. The van der Waals surface area contributed by atoms with Crippen molar-refractivity contribution in [2.24, 2.45) is 0 Å². The van der Waals surface area contributed by atoms with E-state index in [0.717, 1.165) is 27.8 Å². The minimum Gasteiger partial charge on any atom is -0.309 e. The predicted molar refractivity (Wildman–Crippen MR) is 237 cm³/mol. The van der Waals surface area contributed by atoms with Crippen LogP contribution in [-0.4, -0.2) is 19.5 Å². The van der Waals surface area contributed by atoms with E-state index in [4.69, 9.17) is 15.0 Å². The monoisotopic (exact) mass is 732 g/mol. The average molecular weight is 733 g/mol. The molecule has 4 nitrogen and oxygen atoms in total. The summed E-state index contributed by atoms with van der Waals surface area (Å²) in [6, 6.07) is 60.9. The van der Waals surface area contributed by atoms with E-state index >= 15 is 0 Å². The van der Waals surface area contributed by atoms with Crippen LogP contribution in [0.3, 0.4) is 0 Å². The van der Waals surface area contributed by atoms with Gasteiger partial charge < -0.3 is 4.57 Å². The van der Waals surface area contributed by atoms with Crippen LogP contribution >= 0.6 is 0 Å². The largest absolute Gasteiger partial charge is 0.309 e. The Hall–Kier alpha value is -6.91. The zero-order chi connectivity index (χ0) is 38.5. The second-order valence-electron chi connectivity index (χ2n) is 16.5. The van der Waals surface area contributed by atoms with Crippen LogP contribution in [0.15, 0.2) is 170 Å². The van der Waals surface area contributed by atoms with E-state index < -0.39 is 0 Å². The molecule has 57 heavy (non-hydrogen) atoms. The molecule has 0 saturated carbocycles. The predicted octanol–water partition coefficient (Wildman–Crippen LogP) is 13.5. The van der Waals surface area contributed by atoms with Crippen molar-refractivity contribution >= 4 is 43.4 Å². The summed E-state index contributed by atoms with van der Waals surface area (Å²) in [5, 5.41) is 7.48. The zero-order valence-electron chi connectivity index (χ0n) is 32.5. The second-order valence-corrected chi connectivity index (χ2v) is 16.5. The van der Waals surface area contributed by atoms with Crippen molar-refractivity contribution < 1.29 is 0 Å². The Morgan fingerprint density at radius 1 is 0.386 bits per heavy atom. The lowest BCUT2D eigenvalue weighted by molar-refractivity contribution is 0.300. The van der Waals surface area contributed by atoms with Crippen molar-refractivity contribution in [2.45, 2.75) is 38.5 Å². The van der Waals surface area contributed by atoms with Crippen LogP contribution in [0.4, 0.5) is 0 Å². The van der Waals surface area contributed by atoms with Gasteiger partial charge in [-0.1, -0.05) is 155 Å². The van der Waals surface area contributed by atoms with E-state index in [2.05, 4.69) is 184 Å². The molecule has 2 heterocycles. The molecule has 2 aromatic heterocycles. The molecule has 0 amide bonds. The van der Waals surface area contributed by atoms with Gasteiger partial charge in [-0.2, -0.15) is 0 Å². The van der Waals surface area contributed by atoms with Gasteiger partial charge in [-0.25, -0.2) is 15.0 Å². The molecule has 11 rings (SSSR count). The van der Waals surface area contributed by atoms with Crippen molar-refractivity contribution in [3.05, 3.63) is 181 Å². The number of aromatic nitrogens is 4. The molecular weight excluding hydrogens is 693 g/mol. The van der Waals surface area contributed by atoms with Gasteiger partial charge >= 0.3 is 0 Å². The van der Waals surface area contributed by atoms with Crippen molar-refractivity contribution in [2.75, 3.05) is 0 Å². The molecule has 0 N–H and O–H groups in total. The minimum absolute atomic E-state index is 0.0786. The number of nitrogens with zero attached hydrogens (tertiary/aromatic N) is 4. The van der Waals surface area contributed by atoms with Crippen molar-refractivity contribution in [1.82, 2.24) is 19.5 Å². The fourth-order valence-corrected chi connectivity index (χ4v) is 9.29. The summed E-state index contributed by atoms with van der Waals surface area (Å²) in [4.78, 5) is 15.1. The Balaban J connectivity index is 1.10. The number of para-hydroxylation sites is 1. The smallest absolute Gasteiger partial charge is 0.164 e. The highest BCUT2D eigenvalue weighted by molar-refractivity contribution is 6.20. The molecule has 0 saturated heterocycles. The van der Waals surface area contributed by atoms with Gasteiger partial charge in [0.15, 0.2) is 17.5 Å². The number of rotatable bonds is 4. The zero-order valence-corrected chi connectivity index (χ0v) is 32.5. The van der Waals surface area contributed by atoms with Crippen LogP contribution in [0.2, 0.25) is 0 Å². The van der Waals surface area contributed by atoms with Gasteiger partial charge in [0.2, 0.25) is 0 Å². The molecular formula is C53H40N4. The summed E-state index contributed by atoms with van der Waals surface area (Å²) in [5.41, 5.74) is 11.7. The van der Waals surface area contributed by atoms with Crippen LogP contribution in [0.25, 0.3) is 94.3 Å². The molecule has 272 valence electrons. The van der Waals surface area contributed by atoms with Crippen LogP contribution in [0, 0.1) is 0 Å². The molecule has 10 aromatic rings. The molecule has 0 aliphatic heterocycles. The van der Waals surface area contributed by atoms with Gasteiger partial charge in [-0.05, 0) is 97.1 Å².